The van der Waals surface area contributed by atoms with E-state index in [0.717, 1.165) is 21.8 Å². The fraction of sp³-hybridized carbons (Fsp3) is 0.105. The summed E-state index contributed by atoms with van der Waals surface area (Å²) in [5.41, 5.74) is 3.06. The number of fused-ring (bicyclic) bond motifs is 3. The first-order valence-corrected chi connectivity index (χ1v) is 7.32. The Labute approximate surface area is 127 Å². The van der Waals surface area contributed by atoms with Gasteiger partial charge in [0, 0.05) is 21.8 Å². The van der Waals surface area contributed by atoms with Crippen molar-refractivity contribution < 1.29 is 9.90 Å². The highest BCUT2D eigenvalue weighted by Crippen LogP contribution is 2.34. The molecule has 0 spiro atoms. The number of aromatic nitrogens is 1. The summed E-state index contributed by atoms with van der Waals surface area (Å²) in [4.78, 5) is 12.1. The maximum absolute atomic E-state index is 12.1. The second-order valence-corrected chi connectivity index (χ2v) is 5.48. The number of hydrogen-bond donors (Lipinski definition) is 1. The van der Waals surface area contributed by atoms with Gasteiger partial charge in [0.2, 0.25) is 0 Å². The van der Waals surface area contributed by atoms with E-state index in [0.29, 0.717) is 17.7 Å². The molecule has 0 amide bonds. The summed E-state index contributed by atoms with van der Waals surface area (Å²) < 4.78 is 2.10. The summed E-state index contributed by atoms with van der Waals surface area (Å²) in [7, 11) is 0. The van der Waals surface area contributed by atoms with Crippen molar-refractivity contribution in [1.82, 2.24) is 4.57 Å². The largest absolute Gasteiger partial charge is 0.507 e. The predicted octanol–water partition coefficient (Wildman–Crippen LogP) is 4.14. The van der Waals surface area contributed by atoms with Crippen LogP contribution in [0.5, 0.6) is 0 Å². The van der Waals surface area contributed by atoms with Gasteiger partial charge in [0.05, 0.1) is 17.7 Å². The zero-order valence-electron chi connectivity index (χ0n) is 12.2. The molecule has 3 nitrogen and oxygen atoms in total. The van der Waals surface area contributed by atoms with Crippen molar-refractivity contribution in [2.24, 2.45) is 0 Å². The maximum atomic E-state index is 12.1. The van der Waals surface area contributed by atoms with Crippen molar-refractivity contribution >= 4 is 27.6 Å². The highest BCUT2D eigenvalue weighted by Gasteiger charge is 2.33. The van der Waals surface area contributed by atoms with Gasteiger partial charge >= 0.3 is 0 Å². The van der Waals surface area contributed by atoms with Crippen LogP contribution < -0.4 is 0 Å². The molecule has 0 aliphatic heterocycles. The minimum absolute atomic E-state index is 0.0538. The van der Waals surface area contributed by atoms with Gasteiger partial charge in [-0.25, -0.2) is 0 Å². The monoisotopic (exact) mass is 289 g/mol. The molecule has 0 fully saturated rings. The maximum Gasteiger partial charge on any atom is 0.197 e. The van der Waals surface area contributed by atoms with E-state index in [-0.39, 0.29) is 11.5 Å². The third kappa shape index (κ3) is 1.59. The van der Waals surface area contributed by atoms with Crippen LogP contribution in [0.3, 0.4) is 0 Å². The molecule has 1 aliphatic carbocycles. The second-order valence-electron chi connectivity index (χ2n) is 5.48. The number of benzene rings is 2. The van der Waals surface area contributed by atoms with Crippen LogP contribution in [0.15, 0.2) is 71.5 Å². The number of hydrogen-bond acceptors (Lipinski definition) is 2. The molecule has 0 saturated heterocycles. The van der Waals surface area contributed by atoms with Crippen LogP contribution in [0.25, 0.3) is 21.8 Å². The molecule has 0 saturated carbocycles. The quantitative estimate of drug-likeness (QED) is 0.721. The lowest BCUT2D eigenvalue weighted by Gasteiger charge is -2.22. The summed E-state index contributed by atoms with van der Waals surface area (Å²) in [5.74, 6) is 0.0798. The van der Waals surface area contributed by atoms with Crippen LogP contribution in [-0.4, -0.2) is 15.5 Å². The number of carbonyl (C=O) groups is 1. The minimum atomic E-state index is -0.0538. The number of Topliss-reactive ketones (excluding diaryl/α,β-unsaturated/α-hetero) is 1. The van der Waals surface area contributed by atoms with Gasteiger partial charge in [0.15, 0.2) is 5.78 Å². The summed E-state index contributed by atoms with van der Waals surface area (Å²) in [6.07, 6.45) is 1.66. The fourth-order valence-corrected chi connectivity index (χ4v) is 3.22. The van der Waals surface area contributed by atoms with Crippen LogP contribution >= 0.6 is 0 Å². The van der Waals surface area contributed by atoms with Crippen molar-refractivity contribution in [3.05, 3.63) is 71.5 Å². The second kappa shape index (κ2) is 4.60. The van der Waals surface area contributed by atoms with E-state index in [2.05, 4.69) is 16.7 Å². The average molecular weight is 289 g/mol. The van der Waals surface area contributed by atoms with Crippen molar-refractivity contribution in [2.75, 3.05) is 0 Å². The van der Waals surface area contributed by atoms with Gasteiger partial charge in [-0.05, 0) is 19.1 Å². The number of aliphatic hydroxyl groups excluding tert-OH is 1. The first-order valence-electron chi connectivity index (χ1n) is 7.32. The highest BCUT2D eigenvalue weighted by molar-refractivity contribution is 6.19. The molecular formula is C19H15NO2. The molecule has 1 heterocycles. The van der Waals surface area contributed by atoms with Gasteiger partial charge < -0.3 is 9.67 Å². The zero-order chi connectivity index (χ0) is 15.3. The van der Waals surface area contributed by atoms with Crippen molar-refractivity contribution in [3.63, 3.8) is 0 Å². The molecule has 22 heavy (non-hydrogen) atoms. The molecule has 1 N–H and O–H groups in total. The summed E-state index contributed by atoms with van der Waals surface area (Å²) >= 11 is 0. The average Bonchev–Trinajstić information content (AvgIpc) is 2.87. The Balaban J connectivity index is 1.95. The van der Waals surface area contributed by atoms with Crippen LogP contribution in [0.4, 0.5) is 0 Å². The lowest BCUT2D eigenvalue weighted by molar-refractivity contribution is -0.114. The molecule has 1 aliphatic rings. The summed E-state index contributed by atoms with van der Waals surface area (Å²) in [6, 6.07) is 16.3. The van der Waals surface area contributed by atoms with E-state index in [4.69, 9.17) is 0 Å². The molecule has 1 aromatic heterocycles. The number of aliphatic hydroxyl groups is 1. The van der Waals surface area contributed by atoms with Gasteiger partial charge in [-0.1, -0.05) is 42.5 Å². The van der Waals surface area contributed by atoms with E-state index >= 15 is 0 Å². The Morgan fingerprint density at radius 1 is 1.00 bits per heavy atom. The molecule has 0 unspecified atom stereocenters. The van der Waals surface area contributed by atoms with Gasteiger partial charge in [-0.2, -0.15) is 0 Å². The standard InChI is InChI=1S/C19H15NO2/c1-2-12-18(21)15(19(12)22)11-20-16-9-5-3-7-13(16)14-8-4-6-10-17(14)20/h2-10,21H,11H2,1H3/b12-2-. The number of carbonyl (C=O) groups excluding carboxylic acids is 1. The molecular weight excluding hydrogens is 274 g/mol. The molecule has 3 aromatic rings. The third-order valence-corrected chi connectivity index (χ3v) is 4.34. The zero-order valence-corrected chi connectivity index (χ0v) is 12.2. The van der Waals surface area contributed by atoms with Gasteiger partial charge in [0.25, 0.3) is 0 Å². The summed E-state index contributed by atoms with van der Waals surface area (Å²) in [5, 5.41) is 12.4. The summed E-state index contributed by atoms with van der Waals surface area (Å²) in [6.45, 7) is 2.16. The minimum Gasteiger partial charge on any atom is -0.507 e. The van der Waals surface area contributed by atoms with Crippen LogP contribution in [0, 0.1) is 0 Å². The lowest BCUT2D eigenvalue weighted by atomic mass is 9.88. The molecule has 2 aromatic carbocycles. The van der Waals surface area contributed by atoms with E-state index in [1.54, 1.807) is 13.0 Å². The first kappa shape index (κ1) is 12.9. The number of allylic oxidation sites excluding steroid dienone is 3. The Kier molecular flexibility index (Phi) is 2.70. The Hall–Kier alpha value is -2.81. The van der Waals surface area contributed by atoms with Gasteiger partial charge in [-0.3, -0.25) is 4.79 Å². The molecule has 3 heteroatoms. The SMILES string of the molecule is C/C=C1\C(=O)C(Cn2c3ccccc3c3ccccc32)=C1O. The van der Waals surface area contributed by atoms with Crippen molar-refractivity contribution in [2.45, 2.75) is 13.5 Å². The number of para-hydroxylation sites is 2. The lowest BCUT2D eigenvalue weighted by Crippen LogP contribution is -2.25. The molecule has 0 atom stereocenters. The van der Waals surface area contributed by atoms with E-state index in [1.807, 2.05) is 36.4 Å². The number of ketones is 1. The molecule has 0 radical (unpaired) electrons. The van der Waals surface area contributed by atoms with E-state index in [9.17, 15) is 9.90 Å². The predicted molar refractivity (Wildman–Crippen MR) is 87.9 cm³/mol. The Bertz CT molecular complexity index is 936. The Morgan fingerprint density at radius 2 is 1.55 bits per heavy atom. The van der Waals surface area contributed by atoms with Gasteiger partial charge in [0.1, 0.15) is 5.76 Å². The van der Waals surface area contributed by atoms with Crippen molar-refractivity contribution in [3.8, 4) is 0 Å². The van der Waals surface area contributed by atoms with Gasteiger partial charge in [-0.15, -0.1) is 0 Å². The molecule has 4 rings (SSSR count). The highest BCUT2D eigenvalue weighted by atomic mass is 16.3. The number of rotatable bonds is 2. The van der Waals surface area contributed by atoms with E-state index in [1.165, 1.54) is 0 Å². The molecule has 108 valence electrons. The Morgan fingerprint density at radius 3 is 2.05 bits per heavy atom. The van der Waals surface area contributed by atoms with Crippen LogP contribution in [0.1, 0.15) is 6.92 Å². The third-order valence-electron chi connectivity index (χ3n) is 4.34. The van der Waals surface area contributed by atoms with Crippen molar-refractivity contribution in [1.29, 1.82) is 0 Å². The topological polar surface area (TPSA) is 42.2 Å². The first-order chi connectivity index (χ1) is 10.7. The van der Waals surface area contributed by atoms with Crippen LogP contribution in [0.2, 0.25) is 0 Å². The number of nitrogens with zero attached hydrogens (tertiary/aromatic N) is 1. The normalized spacial score (nSPS) is 16.8. The fourth-order valence-electron chi connectivity index (χ4n) is 3.22. The smallest absolute Gasteiger partial charge is 0.197 e. The van der Waals surface area contributed by atoms with Crippen LogP contribution in [-0.2, 0) is 11.3 Å². The van der Waals surface area contributed by atoms with E-state index < -0.39 is 0 Å². The molecule has 0 bridgehead atoms.